The van der Waals surface area contributed by atoms with E-state index in [1.165, 1.54) is 6.20 Å². The van der Waals surface area contributed by atoms with Gasteiger partial charge in [0, 0.05) is 24.7 Å². The van der Waals surface area contributed by atoms with Gasteiger partial charge in [0.2, 0.25) is 0 Å². The summed E-state index contributed by atoms with van der Waals surface area (Å²) in [6.45, 7) is 2.53. The third-order valence-corrected chi connectivity index (χ3v) is 4.27. The maximum atomic E-state index is 12.6. The topological polar surface area (TPSA) is 66.2 Å². The molecule has 2 atom stereocenters. The smallest absolute Gasteiger partial charge is 0.340 e. The number of esters is 1. The summed E-state index contributed by atoms with van der Waals surface area (Å²) < 4.78 is 13.3. The molecule has 0 bridgehead atoms. The molecule has 0 radical (unpaired) electrons. The number of benzene rings is 1. The van der Waals surface area contributed by atoms with Crippen LogP contribution in [0.5, 0.6) is 5.75 Å². The van der Waals surface area contributed by atoms with Crippen LogP contribution >= 0.6 is 0 Å². The number of hydrogen-bond acceptors (Lipinski definition) is 5. The molecule has 3 heterocycles. The Hall–Kier alpha value is -2.89. The minimum absolute atomic E-state index is 0.0791. The molecule has 1 aromatic carbocycles. The second-order valence-corrected chi connectivity index (χ2v) is 6.07. The number of nitrogens with zero attached hydrogens (tertiary/aromatic N) is 3. The monoisotopic (exact) mass is 323 g/mol. The summed E-state index contributed by atoms with van der Waals surface area (Å²) in [4.78, 5) is 21.1. The normalized spacial score (nSPS) is 19.6. The predicted octanol–water partition coefficient (Wildman–Crippen LogP) is 2.89. The predicted molar refractivity (Wildman–Crippen MR) is 87.8 cm³/mol. The number of aryl methyl sites for hydroxylation is 1. The van der Waals surface area contributed by atoms with Crippen LogP contribution in [-0.4, -0.2) is 27.1 Å². The van der Waals surface area contributed by atoms with Gasteiger partial charge in [0.1, 0.15) is 17.4 Å². The van der Waals surface area contributed by atoms with E-state index in [-0.39, 0.29) is 12.0 Å². The van der Waals surface area contributed by atoms with E-state index in [9.17, 15) is 4.79 Å². The van der Waals surface area contributed by atoms with E-state index in [1.54, 1.807) is 17.0 Å². The molecule has 6 heteroatoms. The molecule has 24 heavy (non-hydrogen) atoms. The molecule has 1 aliphatic heterocycles. The highest BCUT2D eigenvalue weighted by Gasteiger charge is 2.31. The van der Waals surface area contributed by atoms with Gasteiger partial charge in [-0.3, -0.25) is 0 Å². The number of rotatable bonds is 2. The molecule has 0 amide bonds. The standard InChI is InChI=1S/C18H17N3O3/c1-11-9-23-15-6-4-3-5-13(15)16(11)24-18(22)12-7-14-17(19-8-12)21(2)10-20-14/h3-8,10-11,16H,9H2,1-2H3/t11-,16-/m1/s1. The van der Waals surface area contributed by atoms with Gasteiger partial charge >= 0.3 is 5.97 Å². The van der Waals surface area contributed by atoms with Crippen LogP contribution in [-0.2, 0) is 11.8 Å². The van der Waals surface area contributed by atoms with Crippen LogP contribution in [0.3, 0.4) is 0 Å². The van der Waals surface area contributed by atoms with E-state index < -0.39 is 5.97 Å². The molecule has 0 aliphatic carbocycles. The Bertz CT molecular complexity index is 919. The summed E-state index contributed by atoms with van der Waals surface area (Å²) in [6, 6.07) is 9.36. The van der Waals surface area contributed by atoms with Gasteiger partial charge in [-0.25, -0.2) is 14.8 Å². The maximum absolute atomic E-state index is 12.6. The van der Waals surface area contributed by atoms with Crippen molar-refractivity contribution in [2.24, 2.45) is 13.0 Å². The molecular weight excluding hydrogens is 306 g/mol. The number of pyridine rings is 1. The molecule has 0 fully saturated rings. The first-order chi connectivity index (χ1) is 11.6. The zero-order valence-electron chi connectivity index (χ0n) is 13.5. The molecule has 2 aromatic heterocycles. The van der Waals surface area contributed by atoms with Gasteiger partial charge in [-0.1, -0.05) is 25.1 Å². The third kappa shape index (κ3) is 2.40. The number of carbonyl (C=O) groups is 1. The fourth-order valence-corrected chi connectivity index (χ4v) is 2.95. The van der Waals surface area contributed by atoms with E-state index in [1.807, 2.05) is 38.2 Å². The van der Waals surface area contributed by atoms with Gasteiger partial charge in [-0.05, 0) is 12.1 Å². The Labute approximate surface area is 139 Å². The zero-order chi connectivity index (χ0) is 16.7. The zero-order valence-corrected chi connectivity index (χ0v) is 13.5. The summed E-state index contributed by atoms with van der Waals surface area (Å²) in [7, 11) is 1.86. The summed E-state index contributed by atoms with van der Waals surface area (Å²) in [5.41, 5.74) is 2.71. The van der Waals surface area contributed by atoms with Crippen LogP contribution in [0.25, 0.3) is 11.2 Å². The van der Waals surface area contributed by atoms with Crippen molar-refractivity contribution in [3.63, 3.8) is 0 Å². The number of para-hydroxylation sites is 1. The average Bonchev–Trinajstić information content (AvgIpc) is 2.98. The molecule has 4 rings (SSSR count). The third-order valence-electron chi connectivity index (χ3n) is 4.27. The summed E-state index contributed by atoms with van der Waals surface area (Å²) in [6.07, 6.45) is 2.87. The number of carbonyl (C=O) groups excluding carboxylic acids is 1. The van der Waals surface area contributed by atoms with Crippen molar-refractivity contribution in [1.29, 1.82) is 0 Å². The molecule has 0 saturated carbocycles. The molecule has 6 nitrogen and oxygen atoms in total. The van der Waals surface area contributed by atoms with Gasteiger partial charge < -0.3 is 14.0 Å². The number of fused-ring (bicyclic) bond motifs is 2. The number of ether oxygens (including phenoxy) is 2. The van der Waals surface area contributed by atoms with Crippen LogP contribution in [0, 0.1) is 5.92 Å². The summed E-state index contributed by atoms with van der Waals surface area (Å²) >= 11 is 0. The fraction of sp³-hybridized carbons (Fsp3) is 0.278. The van der Waals surface area contributed by atoms with Crippen molar-refractivity contribution >= 4 is 17.1 Å². The molecule has 1 aliphatic rings. The number of imidazole rings is 1. The van der Waals surface area contributed by atoms with E-state index >= 15 is 0 Å². The first kappa shape index (κ1) is 14.7. The van der Waals surface area contributed by atoms with Crippen LogP contribution in [0.4, 0.5) is 0 Å². The lowest BCUT2D eigenvalue weighted by Gasteiger charge is -2.31. The Kier molecular flexibility index (Phi) is 3.45. The minimum atomic E-state index is -0.399. The lowest BCUT2D eigenvalue weighted by atomic mass is 9.94. The van der Waals surface area contributed by atoms with Crippen LogP contribution in [0.2, 0.25) is 0 Å². The lowest BCUT2D eigenvalue weighted by molar-refractivity contribution is -0.000245. The minimum Gasteiger partial charge on any atom is -0.493 e. The first-order valence-corrected chi connectivity index (χ1v) is 7.83. The molecule has 0 unspecified atom stereocenters. The van der Waals surface area contributed by atoms with Crippen LogP contribution in [0.15, 0.2) is 42.9 Å². The highest BCUT2D eigenvalue weighted by atomic mass is 16.6. The van der Waals surface area contributed by atoms with Gasteiger partial charge in [-0.15, -0.1) is 0 Å². The van der Waals surface area contributed by atoms with Crippen LogP contribution in [0.1, 0.15) is 28.9 Å². The Balaban J connectivity index is 1.63. The quantitative estimate of drug-likeness (QED) is 0.678. The van der Waals surface area contributed by atoms with Gasteiger partial charge in [0.15, 0.2) is 5.65 Å². The van der Waals surface area contributed by atoms with Gasteiger partial charge in [0.25, 0.3) is 0 Å². The molecular formula is C18H17N3O3. The van der Waals surface area contributed by atoms with E-state index in [4.69, 9.17) is 9.47 Å². The SMILES string of the molecule is C[C@@H]1COc2ccccc2[C@@H]1OC(=O)c1cnc2c(c1)ncn2C. The summed E-state index contributed by atoms with van der Waals surface area (Å²) in [5.74, 6) is 0.450. The average molecular weight is 323 g/mol. The van der Waals surface area contributed by atoms with Crippen molar-refractivity contribution in [3.8, 4) is 5.75 Å². The first-order valence-electron chi connectivity index (χ1n) is 7.83. The Morgan fingerprint density at radius 1 is 1.33 bits per heavy atom. The second kappa shape index (κ2) is 5.63. The van der Waals surface area contributed by atoms with E-state index in [2.05, 4.69) is 9.97 Å². The number of aromatic nitrogens is 3. The van der Waals surface area contributed by atoms with Crippen LogP contribution < -0.4 is 4.74 Å². The Morgan fingerprint density at radius 3 is 3.04 bits per heavy atom. The number of hydrogen-bond donors (Lipinski definition) is 0. The van der Waals surface area contributed by atoms with Crippen molar-refractivity contribution < 1.29 is 14.3 Å². The fourth-order valence-electron chi connectivity index (χ4n) is 2.95. The van der Waals surface area contributed by atoms with Crippen molar-refractivity contribution in [2.45, 2.75) is 13.0 Å². The summed E-state index contributed by atoms with van der Waals surface area (Å²) in [5, 5.41) is 0. The van der Waals surface area contributed by atoms with Gasteiger partial charge in [0.05, 0.1) is 18.5 Å². The maximum Gasteiger partial charge on any atom is 0.340 e. The molecule has 0 spiro atoms. The Morgan fingerprint density at radius 2 is 2.17 bits per heavy atom. The molecule has 0 saturated heterocycles. The second-order valence-electron chi connectivity index (χ2n) is 6.07. The largest absolute Gasteiger partial charge is 0.493 e. The van der Waals surface area contributed by atoms with Crippen molar-refractivity contribution in [2.75, 3.05) is 6.61 Å². The molecule has 122 valence electrons. The van der Waals surface area contributed by atoms with E-state index in [0.717, 1.165) is 17.0 Å². The van der Waals surface area contributed by atoms with Crippen molar-refractivity contribution in [1.82, 2.24) is 14.5 Å². The highest BCUT2D eigenvalue weighted by Crippen LogP contribution is 2.38. The molecule has 3 aromatic rings. The van der Waals surface area contributed by atoms with Gasteiger partial charge in [-0.2, -0.15) is 0 Å². The van der Waals surface area contributed by atoms with E-state index in [0.29, 0.717) is 17.7 Å². The lowest BCUT2D eigenvalue weighted by Crippen LogP contribution is -2.27. The molecule has 0 N–H and O–H groups in total. The highest BCUT2D eigenvalue weighted by molar-refractivity contribution is 5.92. The van der Waals surface area contributed by atoms with Crippen molar-refractivity contribution in [3.05, 3.63) is 54.0 Å².